The van der Waals surface area contributed by atoms with E-state index in [9.17, 15) is 13.2 Å². The summed E-state index contributed by atoms with van der Waals surface area (Å²) in [5.74, 6) is 0.484. The van der Waals surface area contributed by atoms with Gasteiger partial charge in [-0.25, -0.2) is 0 Å². The lowest BCUT2D eigenvalue weighted by Crippen LogP contribution is -2.20. The number of amidine groups is 1. The van der Waals surface area contributed by atoms with Crippen LogP contribution in [0.4, 0.5) is 13.2 Å². The van der Waals surface area contributed by atoms with Gasteiger partial charge in [0.25, 0.3) is 0 Å². The van der Waals surface area contributed by atoms with Gasteiger partial charge in [0.1, 0.15) is 19.0 Å². The van der Waals surface area contributed by atoms with Crippen LogP contribution in [-0.4, -0.2) is 23.4 Å². The number of benzene rings is 2. The highest BCUT2D eigenvalue weighted by Crippen LogP contribution is 2.29. The zero-order valence-electron chi connectivity index (χ0n) is 14.4. The molecule has 0 radical (unpaired) electrons. The molecule has 0 fully saturated rings. The average molecular weight is 381 g/mol. The van der Waals surface area contributed by atoms with E-state index in [2.05, 4.69) is 10.3 Å². The fourth-order valence-corrected chi connectivity index (χ4v) is 2.02. The molecule has 0 heterocycles. The topological polar surface area (TPSA) is 89.4 Å². The standard InChI is InChI=1S/C18H18F3N3O3/c1-12(14-4-8-16(9-5-14)26-11-17(22)23-25)24-27-10-13-2-6-15(7-3-13)18(19,20)21/h2-9,25H,10-11H2,1H3,(H2,22,23). The maximum Gasteiger partial charge on any atom is 0.416 e. The second-order valence-electron chi connectivity index (χ2n) is 5.55. The number of rotatable bonds is 7. The van der Waals surface area contributed by atoms with Gasteiger partial charge in [-0.15, -0.1) is 0 Å². The minimum atomic E-state index is -4.36. The fraction of sp³-hybridized carbons (Fsp3) is 0.222. The number of nitrogens with zero attached hydrogens (tertiary/aromatic N) is 2. The van der Waals surface area contributed by atoms with Gasteiger partial charge in [0, 0.05) is 0 Å². The number of alkyl halides is 3. The van der Waals surface area contributed by atoms with Crippen molar-refractivity contribution in [3.63, 3.8) is 0 Å². The van der Waals surface area contributed by atoms with Gasteiger partial charge in [0.2, 0.25) is 0 Å². The predicted molar refractivity (Wildman–Crippen MR) is 93.8 cm³/mol. The van der Waals surface area contributed by atoms with Crippen LogP contribution in [0, 0.1) is 0 Å². The van der Waals surface area contributed by atoms with Crippen molar-refractivity contribution >= 4 is 11.5 Å². The molecular formula is C18H18F3N3O3. The molecule has 2 rings (SSSR count). The first-order chi connectivity index (χ1) is 12.8. The van der Waals surface area contributed by atoms with Crippen molar-refractivity contribution in [1.29, 1.82) is 0 Å². The monoisotopic (exact) mass is 381 g/mol. The molecule has 2 aromatic rings. The summed E-state index contributed by atoms with van der Waals surface area (Å²) in [7, 11) is 0. The van der Waals surface area contributed by atoms with Crippen LogP contribution in [0.5, 0.6) is 5.75 Å². The highest BCUT2D eigenvalue weighted by Gasteiger charge is 2.29. The van der Waals surface area contributed by atoms with E-state index in [0.29, 0.717) is 17.0 Å². The van der Waals surface area contributed by atoms with Crippen LogP contribution < -0.4 is 10.5 Å². The van der Waals surface area contributed by atoms with Crippen LogP contribution in [0.25, 0.3) is 0 Å². The van der Waals surface area contributed by atoms with Gasteiger partial charge in [0.15, 0.2) is 5.84 Å². The van der Waals surface area contributed by atoms with E-state index >= 15 is 0 Å². The molecular weight excluding hydrogens is 363 g/mol. The molecule has 0 aliphatic rings. The van der Waals surface area contributed by atoms with Gasteiger partial charge < -0.3 is 20.5 Å². The number of hydrogen-bond acceptors (Lipinski definition) is 5. The highest BCUT2D eigenvalue weighted by molar-refractivity contribution is 5.98. The number of oxime groups is 2. The van der Waals surface area contributed by atoms with E-state index in [1.807, 2.05) is 0 Å². The fourth-order valence-electron chi connectivity index (χ4n) is 2.02. The Kier molecular flexibility index (Phi) is 6.64. The average Bonchev–Trinajstić information content (AvgIpc) is 2.66. The zero-order valence-corrected chi connectivity index (χ0v) is 14.4. The van der Waals surface area contributed by atoms with Crippen molar-refractivity contribution in [2.75, 3.05) is 6.61 Å². The van der Waals surface area contributed by atoms with Gasteiger partial charge in [-0.2, -0.15) is 13.2 Å². The summed E-state index contributed by atoms with van der Waals surface area (Å²) in [6.07, 6.45) is -4.36. The number of hydrogen-bond donors (Lipinski definition) is 2. The van der Waals surface area contributed by atoms with Gasteiger partial charge in [-0.05, 0) is 54.4 Å². The van der Waals surface area contributed by atoms with E-state index in [4.69, 9.17) is 20.5 Å². The van der Waals surface area contributed by atoms with E-state index in [1.54, 1.807) is 31.2 Å². The molecule has 144 valence electrons. The first kappa shape index (κ1) is 20.1. The molecule has 2 aromatic carbocycles. The lowest BCUT2D eigenvalue weighted by Gasteiger charge is -2.08. The maximum atomic E-state index is 12.5. The van der Waals surface area contributed by atoms with Crippen molar-refractivity contribution in [2.24, 2.45) is 16.0 Å². The lowest BCUT2D eigenvalue weighted by atomic mass is 10.1. The second kappa shape index (κ2) is 8.93. The Morgan fingerprint density at radius 2 is 1.70 bits per heavy atom. The summed E-state index contributed by atoms with van der Waals surface area (Å²) in [5.41, 5.74) is 6.55. The quantitative estimate of drug-likeness (QED) is 0.331. The van der Waals surface area contributed by atoms with Crippen LogP contribution >= 0.6 is 0 Å². The van der Waals surface area contributed by atoms with E-state index < -0.39 is 11.7 Å². The number of nitrogens with two attached hydrogens (primary N) is 1. The van der Waals surface area contributed by atoms with Gasteiger partial charge in [0.05, 0.1) is 11.3 Å². The Morgan fingerprint density at radius 3 is 2.26 bits per heavy atom. The van der Waals surface area contributed by atoms with Gasteiger partial charge in [-0.3, -0.25) is 0 Å². The molecule has 0 saturated carbocycles. The van der Waals surface area contributed by atoms with Crippen LogP contribution in [-0.2, 0) is 17.6 Å². The smallest absolute Gasteiger partial charge is 0.416 e. The van der Waals surface area contributed by atoms with Crippen LogP contribution in [0.3, 0.4) is 0 Å². The summed E-state index contributed by atoms with van der Waals surface area (Å²) in [6.45, 7) is 1.74. The largest absolute Gasteiger partial charge is 0.486 e. The van der Waals surface area contributed by atoms with E-state index in [1.165, 1.54) is 12.1 Å². The number of ether oxygens (including phenoxy) is 1. The Morgan fingerprint density at radius 1 is 1.07 bits per heavy atom. The maximum absolute atomic E-state index is 12.5. The third kappa shape index (κ3) is 6.21. The third-order valence-electron chi connectivity index (χ3n) is 3.50. The summed E-state index contributed by atoms with van der Waals surface area (Å²) in [5, 5.41) is 15.2. The molecule has 9 heteroatoms. The van der Waals surface area contributed by atoms with Crippen molar-refractivity contribution in [3.05, 3.63) is 65.2 Å². The third-order valence-corrected chi connectivity index (χ3v) is 3.50. The van der Waals surface area contributed by atoms with E-state index in [-0.39, 0.29) is 19.0 Å². The molecule has 0 aliphatic heterocycles. The Labute approximate surface area is 153 Å². The summed E-state index contributed by atoms with van der Waals surface area (Å²) in [6, 6.07) is 11.6. The molecule has 3 N–H and O–H groups in total. The Hall–Kier alpha value is -3.23. The van der Waals surface area contributed by atoms with Gasteiger partial charge >= 0.3 is 6.18 Å². The van der Waals surface area contributed by atoms with Crippen LogP contribution in [0.1, 0.15) is 23.6 Å². The minimum Gasteiger partial charge on any atom is -0.486 e. The molecule has 6 nitrogen and oxygen atoms in total. The second-order valence-corrected chi connectivity index (χ2v) is 5.55. The van der Waals surface area contributed by atoms with E-state index in [0.717, 1.165) is 17.7 Å². The molecule has 0 aliphatic carbocycles. The number of halogens is 3. The van der Waals surface area contributed by atoms with Crippen molar-refractivity contribution in [1.82, 2.24) is 0 Å². The summed E-state index contributed by atoms with van der Waals surface area (Å²) >= 11 is 0. The molecule has 0 spiro atoms. The van der Waals surface area contributed by atoms with Crippen molar-refractivity contribution in [3.8, 4) is 5.75 Å². The molecule has 0 saturated heterocycles. The van der Waals surface area contributed by atoms with Crippen LogP contribution in [0.2, 0.25) is 0 Å². The lowest BCUT2D eigenvalue weighted by molar-refractivity contribution is -0.137. The van der Waals surface area contributed by atoms with Crippen molar-refractivity contribution in [2.45, 2.75) is 19.7 Å². The molecule has 0 aromatic heterocycles. The first-order valence-electron chi connectivity index (χ1n) is 7.82. The SMILES string of the molecule is CC(=NOCc1ccc(C(F)(F)F)cc1)c1ccc(OC/C(N)=N/O)cc1. The Balaban J connectivity index is 1.89. The summed E-state index contributed by atoms with van der Waals surface area (Å²) in [4.78, 5) is 5.20. The minimum absolute atomic E-state index is 0.0425. The molecule has 27 heavy (non-hydrogen) atoms. The first-order valence-corrected chi connectivity index (χ1v) is 7.82. The molecule has 0 amide bonds. The Bertz CT molecular complexity index is 801. The molecule has 0 unspecified atom stereocenters. The summed E-state index contributed by atoms with van der Waals surface area (Å²) < 4.78 is 42.8. The zero-order chi connectivity index (χ0) is 19.9. The normalized spacial score (nSPS) is 12.7. The van der Waals surface area contributed by atoms with Gasteiger partial charge in [-0.1, -0.05) is 22.4 Å². The highest BCUT2D eigenvalue weighted by atomic mass is 19.4. The van der Waals surface area contributed by atoms with Crippen LogP contribution in [0.15, 0.2) is 58.8 Å². The molecule has 0 bridgehead atoms. The van der Waals surface area contributed by atoms with Crippen molar-refractivity contribution < 1.29 is 28.0 Å². The molecule has 0 atom stereocenters. The predicted octanol–water partition coefficient (Wildman–Crippen LogP) is 3.77.